The maximum atomic E-state index is 10.7. The average Bonchev–Trinajstić information content (AvgIpc) is 3.19. The lowest BCUT2D eigenvalue weighted by Crippen LogP contribution is -2.24. The first-order valence-corrected chi connectivity index (χ1v) is 7.15. The van der Waals surface area contributed by atoms with E-state index in [0.717, 1.165) is 22.0 Å². The number of hydrogen-bond donors (Lipinski definition) is 1. The van der Waals surface area contributed by atoms with Crippen LogP contribution in [0.1, 0.15) is 25.7 Å². The highest BCUT2D eigenvalue weighted by atomic mass is 79.9. The molecule has 0 heterocycles. The molecule has 5 heteroatoms. The predicted molar refractivity (Wildman–Crippen MR) is 73.7 cm³/mol. The zero-order valence-corrected chi connectivity index (χ0v) is 11.5. The molecule has 2 aliphatic rings. The maximum Gasteiger partial charge on any atom is 0.270 e. The number of anilines is 1. The van der Waals surface area contributed by atoms with E-state index in [4.69, 9.17) is 0 Å². The van der Waals surface area contributed by atoms with Gasteiger partial charge in [-0.2, -0.15) is 0 Å². The van der Waals surface area contributed by atoms with Crippen LogP contribution < -0.4 is 5.32 Å². The first-order valence-electron chi connectivity index (χ1n) is 6.35. The van der Waals surface area contributed by atoms with Gasteiger partial charge in [-0.15, -0.1) is 0 Å². The van der Waals surface area contributed by atoms with Gasteiger partial charge in [-0.05, 0) is 59.5 Å². The monoisotopic (exact) mass is 310 g/mol. The third kappa shape index (κ3) is 2.51. The van der Waals surface area contributed by atoms with Crippen molar-refractivity contribution in [1.29, 1.82) is 0 Å². The summed E-state index contributed by atoms with van der Waals surface area (Å²) in [7, 11) is 0. The first kappa shape index (κ1) is 12.0. The van der Waals surface area contributed by atoms with E-state index in [-0.39, 0.29) is 10.6 Å². The van der Waals surface area contributed by atoms with Gasteiger partial charge in [0.2, 0.25) is 0 Å². The SMILES string of the molecule is O=[N+]([O-])c1ccc(NC(C2CC2)C2CC2)c(Br)c1. The van der Waals surface area contributed by atoms with Crippen LogP contribution in [0.3, 0.4) is 0 Å². The van der Waals surface area contributed by atoms with E-state index in [1.54, 1.807) is 18.2 Å². The van der Waals surface area contributed by atoms with E-state index in [1.165, 1.54) is 25.7 Å². The smallest absolute Gasteiger partial charge is 0.270 e. The van der Waals surface area contributed by atoms with Crippen LogP contribution in [0.5, 0.6) is 0 Å². The summed E-state index contributed by atoms with van der Waals surface area (Å²) in [5.74, 6) is 1.61. The Morgan fingerprint density at radius 1 is 1.28 bits per heavy atom. The van der Waals surface area contributed by atoms with Gasteiger partial charge in [-0.3, -0.25) is 10.1 Å². The largest absolute Gasteiger partial charge is 0.381 e. The lowest BCUT2D eigenvalue weighted by atomic mass is 10.1. The Morgan fingerprint density at radius 2 is 1.89 bits per heavy atom. The van der Waals surface area contributed by atoms with Crippen molar-refractivity contribution in [3.8, 4) is 0 Å². The number of rotatable bonds is 5. The van der Waals surface area contributed by atoms with Crippen molar-refractivity contribution in [1.82, 2.24) is 0 Å². The van der Waals surface area contributed by atoms with Crippen LogP contribution in [0.2, 0.25) is 0 Å². The van der Waals surface area contributed by atoms with E-state index in [1.807, 2.05) is 0 Å². The third-order valence-corrected chi connectivity index (χ3v) is 4.40. The predicted octanol–water partition coefficient (Wildman–Crippen LogP) is 3.96. The molecule has 1 aromatic rings. The van der Waals surface area contributed by atoms with Gasteiger partial charge in [0.15, 0.2) is 0 Å². The Kier molecular flexibility index (Phi) is 3.01. The Morgan fingerprint density at radius 3 is 2.33 bits per heavy atom. The maximum absolute atomic E-state index is 10.7. The molecule has 1 N–H and O–H groups in total. The van der Waals surface area contributed by atoms with E-state index < -0.39 is 0 Å². The van der Waals surface area contributed by atoms with Gasteiger partial charge >= 0.3 is 0 Å². The van der Waals surface area contributed by atoms with Gasteiger partial charge in [0.25, 0.3) is 5.69 Å². The zero-order chi connectivity index (χ0) is 12.7. The molecule has 0 atom stereocenters. The number of benzene rings is 1. The van der Waals surface area contributed by atoms with Gasteiger partial charge in [0.1, 0.15) is 0 Å². The van der Waals surface area contributed by atoms with Crippen molar-refractivity contribution in [2.24, 2.45) is 11.8 Å². The zero-order valence-electron chi connectivity index (χ0n) is 9.93. The summed E-state index contributed by atoms with van der Waals surface area (Å²) in [6.07, 6.45) is 5.27. The number of hydrogen-bond acceptors (Lipinski definition) is 3. The van der Waals surface area contributed by atoms with E-state index in [9.17, 15) is 10.1 Å². The van der Waals surface area contributed by atoms with Crippen LogP contribution in [-0.2, 0) is 0 Å². The highest BCUT2D eigenvalue weighted by Crippen LogP contribution is 2.46. The summed E-state index contributed by atoms with van der Waals surface area (Å²) in [6, 6.07) is 5.49. The van der Waals surface area contributed by atoms with Gasteiger partial charge in [-0.25, -0.2) is 0 Å². The standard InChI is InChI=1S/C13H15BrN2O2/c14-11-7-10(16(17)18)5-6-12(11)15-13(8-1-2-8)9-3-4-9/h5-9,13,15H,1-4H2. The summed E-state index contributed by atoms with van der Waals surface area (Å²) < 4.78 is 0.781. The molecule has 1 aromatic carbocycles. The van der Waals surface area contributed by atoms with Crippen LogP contribution in [0.25, 0.3) is 0 Å². The van der Waals surface area contributed by atoms with Crippen LogP contribution in [0, 0.1) is 22.0 Å². The fraction of sp³-hybridized carbons (Fsp3) is 0.538. The fourth-order valence-corrected chi connectivity index (χ4v) is 2.93. The van der Waals surface area contributed by atoms with Crippen molar-refractivity contribution >= 4 is 27.3 Å². The third-order valence-electron chi connectivity index (χ3n) is 3.75. The molecule has 2 saturated carbocycles. The lowest BCUT2D eigenvalue weighted by Gasteiger charge is -2.19. The van der Waals surface area contributed by atoms with Gasteiger partial charge < -0.3 is 5.32 Å². The summed E-state index contributed by atoms with van der Waals surface area (Å²) in [6.45, 7) is 0. The van der Waals surface area contributed by atoms with Crippen LogP contribution in [0.4, 0.5) is 11.4 Å². The Labute approximate surface area is 114 Å². The minimum atomic E-state index is -0.367. The molecule has 3 rings (SSSR count). The number of nitro benzene ring substituents is 1. The van der Waals surface area contributed by atoms with Gasteiger partial charge in [0.05, 0.1) is 4.92 Å². The summed E-state index contributed by atoms with van der Waals surface area (Å²) in [5, 5.41) is 14.3. The summed E-state index contributed by atoms with van der Waals surface area (Å²) in [5.41, 5.74) is 1.10. The van der Waals surface area contributed by atoms with E-state index >= 15 is 0 Å². The average molecular weight is 311 g/mol. The molecule has 0 aromatic heterocycles. The molecule has 4 nitrogen and oxygen atoms in total. The minimum Gasteiger partial charge on any atom is -0.381 e. The highest BCUT2D eigenvalue weighted by Gasteiger charge is 2.41. The molecule has 0 amide bonds. The molecular formula is C13H15BrN2O2. The van der Waals surface area contributed by atoms with Crippen LogP contribution in [-0.4, -0.2) is 11.0 Å². The van der Waals surface area contributed by atoms with Gasteiger partial charge in [-0.1, -0.05) is 0 Å². The molecule has 18 heavy (non-hydrogen) atoms. The molecule has 96 valence electrons. The highest BCUT2D eigenvalue weighted by molar-refractivity contribution is 9.10. The van der Waals surface area contributed by atoms with E-state index in [2.05, 4.69) is 21.2 Å². The number of nitrogens with zero attached hydrogens (tertiary/aromatic N) is 1. The lowest BCUT2D eigenvalue weighted by molar-refractivity contribution is -0.384. The molecule has 0 radical (unpaired) electrons. The van der Waals surface area contributed by atoms with Crippen molar-refractivity contribution in [2.45, 2.75) is 31.7 Å². The minimum absolute atomic E-state index is 0.127. The van der Waals surface area contributed by atoms with Crippen molar-refractivity contribution in [2.75, 3.05) is 5.32 Å². The van der Waals surface area contributed by atoms with Crippen molar-refractivity contribution in [3.05, 3.63) is 32.8 Å². The topological polar surface area (TPSA) is 55.2 Å². The number of halogens is 1. The molecule has 2 fully saturated rings. The molecule has 0 saturated heterocycles. The second-order valence-electron chi connectivity index (χ2n) is 5.27. The second kappa shape index (κ2) is 4.53. The molecule has 0 unspecified atom stereocenters. The summed E-state index contributed by atoms with van der Waals surface area (Å²) >= 11 is 3.42. The summed E-state index contributed by atoms with van der Waals surface area (Å²) in [4.78, 5) is 10.3. The Hall–Kier alpha value is -1.10. The molecular weight excluding hydrogens is 296 g/mol. The Bertz CT molecular complexity index is 472. The number of nitrogens with one attached hydrogen (secondary N) is 1. The molecule has 2 aliphatic carbocycles. The first-order chi connectivity index (χ1) is 8.65. The Balaban J connectivity index is 1.77. The van der Waals surface area contributed by atoms with Gasteiger partial charge in [0, 0.05) is 28.3 Å². The van der Waals surface area contributed by atoms with Crippen molar-refractivity contribution in [3.63, 3.8) is 0 Å². The van der Waals surface area contributed by atoms with Crippen molar-refractivity contribution < 1.29 is 4.92 Å². The van der Waals surface area contributed by atoms with Crippen LogP contribution in [0.15, 0.2) is 22.7 Å². The van der Waals surface area contributed by atoms with E-state index in [0.29, 0.717) is 6.04 Å². The van der Waals surface area contributed by atoms with Crippen LogP contribution >= 0.6 is 15.9 Å². The molecule has 0 spiro atoms. The second-order valence-corrected chi connectivity index (χ2v) is 6.12. The normalized spacial score (nSPS) is 19.0. The quantitative estimate of drug-likeness (QED) is 0.661. The molecule has 0 aliphatic heterocycles. The number of non-ortho nitro benzene ring substituents is 1. The molecule has 0 bridgehead atoms. The fourth-order valence-electron chi connectivity index (χ4n) is 2.45. The number of nitro groups is 1.